The number of aliphatic carboxylic acids is 1. The van der Waals surface area contributed by atoms with Crippen LogP contribution in [0.5, 0.6) is 0 Å². The maximum absolute atomic E-state index is 14.0. The standard InChI is InChI=1S/C33H43F6N9O4/c34-32(35,36)22-7-5-21(6-8-22)11-15-43-28(50)24-4-2-16-48(24)26-19-25(45-30(46-26)33(37,38)39)47-17-12-20(13-18-47)3-1-14-42-27(49)10-9-23(29(51)52)44-31(40)41/h5-8,19-20,23-24H,1-4,9-18H2,(H,42,49)(H,43,50)(H,51,52)(H4,40,41,44)/t23?,24-/m0/s1. The largest absolute Gasteiger partial charge is 0.480 e. The second kappa shape index (κ2) is 17.6. The predicted octanol–water partition coefficient (Wildman–Crippen LogP) is 3.46. The third-order valence-corrected chi connectivity index (χ3v) is 9.08. The molecule has 2 aromatic rings. The third kappa shape index (κ3) is 11.6. The molecule has 19 heteroatoms. The third-order valence-electron chi connectivity index (χ3n) is 9.08. The molecule has 0 bridgehead atoms. The van der Waals surface area contributed by atoms with Crippen LogP contribution in [0.25, 0.3) is 0 Å². The Labute approximate surface area is 296 Å². The number of piperidine rings is 1. The fourth-order valence-electron chi connectivity index (χ4n) is 6.33. The number of guanidine groups is 1. The van der Waals surface area contributed by atoms with Crippen LogP contribution in [-0.2, 0) is 33.2 Å². The monoisotopic (exact) mass is 743 g/mol. The van der Waals surface area contributed by atoms with Crippen LogP contribution < -0.4 is 31.9 Å². The van der Waals surface area contributed by atoms with Crippen molar-refractivity contribution in [3.8, 4) is 0 Å². The van der Waals surface area contributed by atoms with Gasteiger partial charge >= 0.3 is 18.3 Å². The first kappa shape index (κ1) is 39.9. The molecule has 2 aliphatic rings. The maximum atomic E-state index is 14.0. The van der Waals surface area contributed by atoms with Gasteiger partial charge in [-0.25, -0.2) is 19.8 Å². The second-order valence-corrected chi connectivity index (χ2v) is 12.9. The molecule has 4 rings (SSSR count). The quantitative estimate of drug-likeness (QED) is 0.0782. The number of hydrogen-bond acceptors (Lipinski definition) is 8. The Kier molecular flexibility index (Phi) is 13.5. The number of nitrogens with zero attached hydrogens (tertiary/aromatic N) is 5. The highest BCUT2D eigenvalue weighted by atomic mass is 19.4. The Hall–Kier alpha value is -4.84. The lowest BCUT2D eigenvalue weighted by Gasteiger charge is -2.34. The van der Waals surface area contributed by atoms with Gasteiger partial charge in [-0.15, -0.1) is 0 Å². The Bertz CT molecular complexity index is 1560. The number of anilines is 2. The van der Waals surface area contributed by atoms with E-state index in [0.717, 1.165) is 18.6 Å². The van der Waals surface area contributed by atoms with E-state index in [2.05, 4.69) is 25.6 Å². The van der Waals surface area contributed by atoms with Crippen molar-refractivity contribution in [2.75, 3.05) is 42.5 Å². The molecule has 2 saturated heterocycles. The Morgan fingerprint density at radius 1 is 0.923 bits per heavy atom. The van der Waals surface area contributed by atoms with Crippen molar-refractivity contribution in [1.82, 2.24) is 20.6 Å². The van der Waals surface area contributed by atoms with E-state index in [9.17, 15) is 40.7 Å². The maximum Gasteiger partial charge on any atom is 0.451 e. The molecule has 52 heavy (non-hydrogen) atoms. The molecule has 3 heterocycles. The molecule has 2 amide bonds. The Morgan fingerprint density at radius 2 is 1.60 bits per heavy atom. The highest BCUT2D eigenvalue weighted by molar-refractivity contribution is 5.86. The number of alkyl halides is 6. The molecule has 0 radical (unpaired) electrons. The van der Waals surface area contributed by atoms with Crippen molar-refractivity contribution < 1.29 is 45.8 Å². The van der Waals surface area contributed by atoms with E-state index in [1.165, 1.54) is 23.1 Å². The number of carbonyl (C=O) groups excluding carboxylic acids is 2. The molecule has 1 unspecified atom stereocenters. The fourth-order valence-corrected chi connectivity index (χ4v) is 6.33. The smallest absolute Gasteiger partial charge is 0.451 e. The highest BCUT2D eigenvalue weighted by Crippen LogP contribution is 2.34. The van der Waals surface area contributed by atoms with Crippen molar-refractivity contribution in [2.24, 2.45) is 22.4 Å². The zero-order valence-corrected chi connectivity index (χ0v) is 28.3. The predicted molar refractivity (Wildman–Crippen MR) is 179 cm³/mol. The van der Waals surface area contributed by atoms with Crippen LogP contribution in [0.1, 0.15) is 68.3 Å². The number of carboxylic acid groups (broad SMARTS) is 1. The molecular weight excluding hydrogens is 700 g/mol. The van der Waals surface area contributed by atoms with E-state index < -0.39 is 47.7 Å². The van der Waals surface area contributed by atoms with Gasteiger partial charge in [-0.05, 0) is 75.0 Å². The fraction of sp³-hybridized carbons (Fsp3) is 0.576. The Balaban J connectivity index is 1.29. The van der Waals surface area contributed by atoms with Crippen LogP contribution in [0.3, 0.4) is 0 Å². The van der Waals surface area contributed by atoms with E-state index in [0.29, 0.717) is 63.8 Å². The summed E-state index contributed by atoms with van der Waals surface area (Å²) in [6.45, 7) is 1.70. The average Bonchev–Trinajstić information content (AvgIpc) is 3.58. The van der Waals surface area contributed by atoms with E-state index in [1.807, 2.05) is 0 Å². The number of carbonyl (C=O) groups is 3. The topological polar surface area (TPSA) is 192 Å². The van der Waals surface area contributed by atoms with Gasteiger partial charge in [-0.1, -0.05) is 12.1 Å². The van der Waals surface area contributed by atoms with Crippen molar-refractivity contribution in [1.29, 1.82) is 0 Å². The van der Waals surface area contributed by atoms with Gasteiger partial charge in [0.1, 0.15) is 17.7 Å². The van der Waals surface area contributed by atoms with Crippen molar-refractivity contribution in [2.45, 2.75) is 82.2 Å². The minimum absolute atomic E-state index is 0.0106. The number of benzene rings is 1. The van der Waals surface area contributed by atoms with Crippen molar-refractivity contribution >= 4 is 35.4 Å². The molecule has 0 spiro atoms. The number of aliphatic imine (C=N–C) groups is 1. The van der Waals surface area contributed by atoms with Crippen LogP contribution in [0.2, 0.25) is 0 Å². The minimum atomic E-state index is -4.83. The minimum Gasteiger partial charge on any atom is -0.480 e. The van der Waals surface area contributed by atoms with Crippen LogP contribution in [0.4, 0.5) is 38.0 Å². The summed E-state index contributed by atoms with van der Waals surface area (Å²) in [6, 6.07) is 4.09. The van der Waals surface area contributed by atoms with Crippen LogP contribution in [-0.4, -0.2) is 83.6 Å². The number of carboxylic acids is 1. The Morgan fingerprint density at radius 3 is 2.21 bits per heavy atom. The van der Waals surface area contributed by atoms with Gasteiger partial charge in [0.05, 0.1) is 5.56 Å². The molecule has 1 aromatic carbocycles. The number of hydrogen-bond donors (Lipinski definition) is 5. The summed E-state index contributed by atoms with van der Waals surface area (Å²) in [7, 11) is 0. The summed E-state index contributed by atoms with van der Waals surface area (Å²) >= 11 is 0. The summed E-state index contributed by atoms with van der Waals surface area (Å²) < 4.78 is 80.4. The second-order valence-electron chi connectivity index (χ2n) is 12.9. The SMILES string of the molecule is NC(N)=NC(CCC(=O)NCCCC1CCN(c2cc(N3CCC[C@H]3C(=O)NCCc3ccc(C(F)(F)F)cc3)nc(C(F)(F)F)n2)CC1)C(=O)O. The number of halogens is 6. The van der Waals surface area contributed by atoms with Crippen LogP contribution >= 0.6 is 0 Å². The molecular formula is C33H43F6N9O4. The van der Waals surface area contributed by atoms with E-state index in [4.69, 9.17) is 16.6 Å². The van der Waals surface area contributed by atoms with Gasteiger partial charge in [0.25, 0.3) is 0 Å². The van der Waals surface area contributed by atoms with Gasteiger partial charge in [-0.2, -0.15) is 26.3 Å². The lowest BCUT2D eigenvalue weighted by molar-refractivity contribution is -0.145. The molecule has 2 atom stereocenters. The summed E-state index contributed by atoms with van der Waals surface area (Å²) in [6.07, 6.45) is -5.41. The first-order valence-electron chi connectivity index (χ1n) is 17.0. The number of amides is 2. The summed E-state index contributed by atoms with van der Waals surface area (Å²) in [4.78, 5) is 51.0. The lowest BCUT2D eigenvalue weighted by Crippen LogP contribution is -2.44. The molecule has 2 fully saturated rings. The van der Waals surface area contributed by atoms with E-state index in [1.54, 1.807) is 4.90 Å². The molecule has 0 aliphatic carbocycles. The normalized spacial score (nSPS) is 17.5. The summed E-state index contributed by atoms with van der Waals surface area (Å²) in [5.41, 5.74) is 10.3. The van der Waals surface area contributed by atoms with Gasteiger partial charge in [0.15, 0.2) is 12.0 Å². The van der Waals surface area contributed by atoms with Crippen LogP contribution in [0.15, 0.2) is 35.3 Å². The van der Waals surface area contributed by atoms with Gasteiger partial charge < -0.3 is 37.0 Å². The van der Waals surface area contributed by atoms with Crippen molar-refractivity contribution in [3.63, 3.8) is 0 Å². The lowest BCUT2D eigenvalue weighted by atomic mass is 9.92. The molecule has 0 saturated carbocycles. The van der Waals surface area contributed by atoms with E-state index >= 15 is 0 Å². The van der Waals surface area contributed by atoms with Crippen molar-refractivity contribution in [3.05, 3.63) is 47.3 Å². The summed E-state index contributed by atoms with van der Waals surface area (Å²) in [5, 5.41) is 14.7. The molecule has 286 valence electrons. The zero-order chi connectivity index (χ0) is 38.1. The number of nitrogens with two attached hydrogens (primary N) is 2. The average molecular weight is 744 g/mol. The van der Waals surface area contributed by atoms with Gasteiger partial charge in [0.2, 0.25) is 17.6 Å². The molecule has 2 aliphatic heterocycles. The van der Waals surface area contributed by atoms with E-state index in [-0.39, 0.29) is 55.2 Å². The van der Waals surface area contributed by atoms with Gasteiger partial charge in [0, 0.05) is 45.2 Å². The zero-order valence-electron chi connectivity index (χ0n) is 28.3. The molecule has 1 aromatic heterocycles. The number of nitrogens with one attached hydrogen (secondary N) is 2. The molecule has 13 nitrogen and oxygen atoms in total. The highest BCUT2D eigenvalue weighted by Gasteiger charge is 2.39. The van der Waals surface area contributed by atoms with Gasteiger partial charge in [-0.3, -0.25) is 9.59 Å². The summed E-state index contributed by atoms with van der Waals surface area (Å²) in [5.74, 6) is -3.30. The first-order chi connectivity index (χ1) is 24.5. The first-order valence-corrected chi connectivity index (χ1v) is 17.0. The van der Waals surface area contributed by atoms with Crippen LogP contribution in [0, 0.1) is 5.92 Å². The molecule has 7 N–H and O–H groups in total. The number of aromatic nitrogens is 2. The number of rotatable bonds is 15.